The average Bonchev–Trinajstić information content (AvgIpc) is 3.46. The van der Waals surface area contributed by atoms with E-state index >= 15 is 0 Å². The molecule has 1 atom stereocenters. The molecule has 1 unspecified atom stereocenters. The van der Waals surface area contributed by atoms with Crippen molar-refractivity contribution in [2.75, 3.05) is 6.54 Å². The van der Waals surface area contributed by atoms with Crippen molar-refractivity contribution in [3.8, 4) is 23.0 Å². The van der Waals surface area contributed by atoms with Gasteiger partial charge in [0.1, 0.15) is 23.9 Å². The zero-order valence-corrected chi connectivity index (χ0v) is 19.5. The van der Waals surface area contributed by atoms with Crippen molar-refractivity contribution in [1.82, 2.24) is 19.7 Å². The molecule has 3 N–H and O–H groups in total. The first-order valence-electron chi connectivity index (χ1n) is 10.9. The molecule has 3 aromatic heterocycles. The lowest BCUT2D eigenvalue weighted by molar-refractivity contribution is 0.194. The fraction of sp³-hybridized carbons (Fsp3) is 0.292. The SMILES string of the molecule is CCC(C)(N)CNC(=O)Oc1c(C)nc2c(OCc3c(F)cccc3F)cc(-c3cnco3)cn12. The minimum absolute atomic E-state index is 0.135. The Kier molecular flexibility index (Phi) is 6.70. The fourth-order valence-corrected chi connectivity index (χ4v) is 3.27. The van der Waals surface area contributed by atoms with Gasteiger partial charge in [-0.2, -0.15) is 0 Å². The lowest BCUT2D eigenvalue weighted by Crippen LogP contribution is -2.47. The number of aryl methyl sites for hydroxylation is 1. The number of pyridine rings is 1. The van der Waals surface area contributed by atoms with Gasteiger partial charge in [-0.25, -0.2) is 23.5 Å². The number of aromatic nitrogens is 3. The van der Waals surface area contributed by atoms with Crippen LogP contribution in [0, 0.1) is 18.6 Å². The highest BCUT2D eigenvalue weighted by Crippen LogP contribution is 2.33. The Hall–Kier alpha value is -3.99. The van der Waals surface area contributed by atoms with Crippen LogP contribution in [0.4, 0.5) is 13.6 Å². The number of nitrogens with one attached hydrogen (secondary N) is 1. The van der Waals surface area contributed by atoms with Gasteiger partial charge in [0.25, 0.3) is 0 Å². The highest BCUT2D eigenvalue weighted by molar-refractivity contribution is 5.72. The number of ether oxygens (including phenoxy) is 2. The van der Waals surface area contributed by atoms with Gasteiger partial charge in [0, 0.05) is 23.8 Å². The molecular weight excluding hydrogens is 460 g/mol. The van der Waals surface area contributed by atoms with Gasteiger partial charge in [-0.05, 0) is 38.5 Å². The number of fused-ring (bicyclic) bond motifs is 1. The molecule has 184 valence electrons. The molecule has 4 aromatic rings. The number of amides is 1. The van der Waals surface area contributed by atoms with Gasteiger partial charge in [-0.15, -0.1) is 0 Å². The summed E-state index contributed by atoms with van der Waals surface area (Å²) in [5, 5.41) is 2.65. The summed E-state index contributed by atoms with van der Waals surface area (Å²) in [5.74, 6) is -0.730. The largest absolute Gasteiger partial charge is 0.485 e. The second kappa shape index (κ2) is 9.71. The number of hydrogen-bond acceptors (Lipinski definition) is 7. The number of carbonyl (C=O) groups is 1. The maximum absolute atomic E-state index is 14.1. The zero-order chi connectivity index (χ0) is 25.2. The van der Waals surface area contributed by atoms with Gasteiger partial charge in [0.05, 0.1) is 11.8 Å². The van der Waals surface area contributed by atoms with E-state index in [0.29, 0.717) is 23.4 Å². The van der Waals surface area contributed by atoms with Crippen molar-refractivity contribution < 1.29 is 27.5 Å². The van der Waals surface area contributed by atoms with Crippen molar-refractivity contribution >= 4 is 11.7 Å². The average molecular weight is 485 g/mol. The van der Waals surface area contributed by atoms with Crippen LogP contribution in [-0.2, 0) is 6.61 Å². The Morgan fingerprint density at radius 2 is 2.06 bits per heavy atom. The van der Waals surface area contributed by atoms with Crippen LogP contribution in [0.15, 0.2) is 47.5 Å². The first kappa shape index (κ1) is 24.1. The molecule has 0 spiro atoms. The highest BCUT2D eigenvalue weighted by Gasteiger charge is 2.22. The van der Waals surface area contributed by atoms with Crippen molar-refractivity contribution in [3.05, 3.63) is 65.9 Å². The Morgan fingerprint density at radius 3 is 2.71 bits per heavy atom. The van der Waals surface area contributed by atoms with E-state index < -0.39 is 23.3 Å². The van der Waals surface area contributed by atoms with Gasteiger partial charge >= 0.3 is 6.09 Å². The Morgan fingerprint density at radius 1 is 1.31 bits per heavy atom. The lowest BCUT2D eigenvalue weighted by atomic mass is 10.0. The number of halogens is 2. The quantitative estimate of drug-likeness (QED) is 0.381. The summed E-state index contributed by atoms with van der Waals surface area (Å²) in [6.45, 7) is 5.22. The minimum Gasteiger partial charge on any atom is -0.485 e. The van der Waals surface area contributed by atoms with Crippen LogP contribution in [-0.4, -0.2) is 32.5 Å². The number of rotatable bonds is 8. The topological polar surface area (TPSA) is 117 Å². The summed E-state index contributed by atoms with van der Waals surface area (Å²) in [4.78, 5) is 20.8. The minimum atomic E-state index is -0.730. The Bertz CT molecular complexity index is 1330. The maximum Gasteiger partial charge on any atom is 0.414 e. The number of imidazole rings is 1. The molecule has 0 aliphatic carbocycles. The summed E-state index contributed by atoms with van der Waals surface area (Å²) in [6, 6.07) is 5.18. The second-order valence-electron chi connectivity index (χ2n) is 8.39. The van der Waals surface area contributed by atoms with Gasteiger partial charge in [-0.1, -0.05) is 13.0 Å². The number of nitrogens with zero attached hydrogens (tertiary/aromatic N) is 3. The van der Waals surface area contributed by atoms with E-state index in [1.807, 2.05) is 13.8 Å². The number of nitrogens with two attached hydrogens (primary N) is 1. The molecule has 9 nitrogen and oxygen atoms in total. The molecule has 0 saturated carbocycles. The molecule has 3 heterocycles. The Balaban J connectivity index is 1.70. The van der Waals surface area contributed by atoms with Gasteiger partial charge < -0.3 is 24.9 Å². The lowest BCUT2D eigenvalue weighted by Gasteiger charge is -2.22. The standard InChI is InChI=1S/C24H25F2N5O4/c1-4-24(3,27)12-29-23(32)35-22-14(2)30-21-19(33-11-16-17(25)6-5-7-18(16)26)8-15(10-31(21)22)20-9-28-13-34-20/h5-10,13H,4,11-12,27H2,1-3H3,(H,29,32). The van der Waals surface area contributed by atoms with Crippen molar-refractivity contribution in [2.45, 2.75) is 39.3 Å². The van der Waals surface area contributed by atoms with Crippen LogP contribution < -0.4 is 20.5 Å². The number of oxazole rings is 1. The van der Waals surface area contributed by atoms with Crippen molar-refractivity contribution in [1.29, 1.82) is 0 Å². The van der Waals surface area contributed by atoms with Crippen LogP contribution in [0.3, 0.4) is 0 Å². The molecule has 0 bridgehead atoms. The first-order valence-corrected chi connectivity index (χ1v) is 10.9. The molecule has 0 aliphatic heterocycles. The molecule has 0 fully saturated rings. The van der Waals surface area contributed by atoms with Crippen molar-refractivity contribution in [3.63, 3.8) is 0 Å². The monoisotopic (exact) mass is 485 g/mol. The van der Waals surface area contributed by atoms with E-state index in [1.54, 1.807) is 19.2 Å². The van der Waals surface area contributed by atoms with Gasteiger partial charge in [0.15, 0.2) is 23.6 Å². The van der Waals surface area contributed by atoms with Crippen LogP contribution in [0.5, 0.6) is 11.6 Å². The smallest absolute Gasteiger partial charge is 0.414 e. The number of benzene rings is 1. The van der Waals surface area contributed by atoms with Gasteiger partial charge in [0.2, 0.25) is 5.88 Å². The predicted molar refractivity (Wildman–Crippen MR) is 123 cm³/mol. The van der Waals surface area contributed by atoms with E-state index in [0.717, 1.165) is 12.1 Å². The molecular formula is C24H25F2N5O4. The first-order chi connectivity index (χ1) is 16.7. The van der Waals surface area contributed by atoms with Gasteiger partial charge in [-0.3, -0.25) is 4.40 Å². The molecule has 1 amide bonds. The van der Waals surface area contributed by atoms with Crippen molar-refractivity contribution in [2.24, 2.45) is 5.73 Å². The zero-order valence-electron chi connectivity index (χ0n) is 19.5. The summed E-state index contributed by atoms with van der Waals surface area (Å²) in [7, 11) is 0. The van der Waals surface area contributed by atoms with E-state index in [4.69, 9.17) is 19.6 Å². The van der Waals surface area contributed by atoms with E-state index in [-0.39, 0.29) is 36.0 Å². The third-order valence-corrected chi connectivity index (χ3v) is 5.59. The molecule has 35 heavy (non-hydrogen) atoms. The van der Waals surface area contributed by atoms with Crippen LogP contribution in [0.2, 0.25) is 0 Å². The molecule has 0 aliphatic rings. The van der Waals surface area contributed by atoms with Crippen LogP contribution in [0.25, 0.3) is 17.0 Å². The highest BCUT2D eigenvalue weighted by atomic mass is 19.1. The predicted octanol–water partition coefficient (Wildman–Crippen LogP) is 4.37. The third kappa shape index (κ3) is 5.24. The maximum atomic E-state index is 14.1. The summed E-state index contributed by atoms with van der Waals surface area (Å²) >= 11 is 0. The molecule has 4 rings (SSSR count). The van der Waals surface area contributed by atoms with Crippen LogP contribution in [0.1, 0.15) is 31.5 Å². The summed E-state index contributed by atoms with van der Waals surface area (Å²) in [5.41, 5.74) is 6.45. The molecule has 0 saturated heterocycles. The summed E-state index contributed by atoms with van der Waals surface area (Å²) in [6.07, 6.45) is 4.34. The van der Waals surface area contributed by atoms with Crippen LogP contribution >= 0.6 is 0 Å². The van der Waals surface area contributed by atoms with E-state index in [9.17, 15) is 13.6 Å². The number of carbonyl (C=O) groups excluding carboxylic acids is 1. The second-order valence-corrected chi connectivity index (χ2v) is 8.39. The molecule has 11 heteroatoms. The fourth-order valence-electron chi connectivity index (χ4n) is 3.27. The van der Waals surface area contributed by atoms with E-state index in [2.05, 4.69) is 15.3 Å². The number of hydrogen-bond donors (Lipinski definition) is 2. The third-order valence-electron chi connectivity index (χ3n) is 5.59. The summed E-state index contributed by atoms with van der Waals surface area (Å²) < 4.78 is 46.5. The Labute approximate surface area is 199 Å². The molecule has 0 radical (unpaired) electrons. The normalized spacial score (nSPS) is 13.0. The van der Waals surface area contributed by atoms with E-state index in [1.165, 1.54) is 23.1 Å². The molecule has 1 aromatic carbocycles.